The number of aliphatic hydroxyl groups is 1. The van der Waals surface area contributed by atoms with E-state index in [4.69, 9.17) is 5.11 Å². The van der Waals surface area contributed by atoms with E-state index >= 15 is 0 Å². The average molecular weight is 302 g/mol. The Balaban J connectivity index is 1.87. The van der Waals surface area contributed by atoms with E-state index in [-0.39, 0.29) is 24.5 Å². The second kappa shape index (κ2) is 7.75. The van der Waals surface area contributed by atoms with Crippen LogP contribution in [0, 0.1) is 0 Å². The average Bonchev–Trinajstić information content (AvgIpc) is 3.35. The number of nitrogens with zero attached hydrogens (tertiary/aromatic N) is 1. The Labute approximate surface area is 130 Å². The molecular formula is C17H22N2O3. The van der Waals surface area contributed by atoms with Gasteiger partial charge in [-0.1, -0.05) is 30.3 Å². The number of carbonyl (C=O) groups excluding carboxylic acids is 2. The van der Waals surface area contributed by atoms with Crippen LogP contribution in [0.3, 0.4) is 0 Å². The van der Waals surface area contributed by atoms with Crippen LogP contribution in [0.4, 0.5) is 0 Å². The minimum atomic E-state index is -0.597. The van der Waals surface area contributed by atoms with Crippen LogP contribution in [-0.2, 0) is 9.59 Å². The monoisotopic (exact) mass is 302 g/mol. The highest BCUT2D eigenvalue weighted by Crippen LogP contribution is 2.27. The van der Waals surface area contributed by atoms with Gasteiger partial charge in [-0.05, 0) is 31.4 Å². The lowest BCUT2D eigenvalue weighted by molar-refractivity contribution is -0.136. The van der Waals surface area contributed by atoms with Crippen molar-refractivity contribution in [2.24, 2.45) is 0 Å². The van der Waals surface area contributed by atoms with Crippen molar-refractivity contribution in [2.45, 2.75) is 31.8 Å². The summed E-state index contributed by atoms with van der Waals surface area (Å²) in [5.74, 6) is -0.442. The zero-order chi connectivity index (χ0) is 15.9. The third-order valence-electron chi connectivity index (χ3n) is 3.57. The molecule has 22 heavy (non-hydrogen) atoms. The first kappa shape index (κ1) is 16.2. The SMILES string of the molecule is CC(NC(=O)/C=C/c1ccccc1)C(=O)N(CCO)C1CC1. The van der Waals surface area contributed by atoms with E-state index in [1.165, 1.54) is 6.08 Å². The van der Waals surface area contributed by atoms with Gasteiger partial charge in [-0.15, -0.1) is 0 Å². The van der Waals surface area contributed by atoms with Gasteiger partial charge in [0.1, 0.15) is 6.04 Å². The fraction of sp³-hybridized carbons (Fsp3) is 0.412. The van der Waals surface area contributed by atoms with Gasteiger partial charge < -0.3 is 15.3 Å². The lowest BCUT2D eigenvalue weighted by atomic mass is 10.2. The number of rotatable bonds is 7. The first-order valence-electron chi connectivity index (χ1n) is 7.57. The summed E-state index contributed by atoms with van der Waals surface area (Å²) in [6.07, 6.45) is 5.08. The van der Waals surface area contributed by atoms with Crippen LogP contribution in [0.1, 0.15) is 25.3 Å². The summed E-state index contributed by atoms with van der Waals surface area (Å²) in [6, 6.07) is 9.12. The molecular weight excluding hydrogens is 280 g/mol. The summed E-state index contributed by atoms with van der Waals surface area (Å²) in [7, 11) is 0. The molecule has 0 bridgehead atoms. The molecule has 0 saturated heterocycles. The number of carbonyl (C=O) groups is 2. The van der Waals surface area contributed by atoms with E-state index in [2.05, 4.69) is 5.32 Å². The standard InChI is InChI=1S/C17H22N2O3/c1-13(17(22)19(11-12-20)15-8-9-15)18-16(21)10-7-14-5-3-2-4-6-14/h2-7,10,13,15,20H,8-9,11-12H2,1H3,(H,18,21)/b10-7+. The van der Waals surface area contributed by atoms with Gasteiger partial charge in [-0.25, -0.2) is 0 Å². The largest absolute Gasteiger partial charge is 0.395 e. The maximum absolute atomic E-state index is 12.3. The van der Waals surface area contributed by atoms with Crippen LogP contribution >= 0.6 is 0 Å². The lowest BCUT2D eigenvalue weighted by Crippen LogP contribution is -2.48. The molecule has 118 valence electrons. The van der Waals surface area contributed by atoms with Crippen LogP contribution in [0.25, 0.3) is 6.08 Å². The van der Waals surface area contributed by atoms with Gasteiger partial charge in [0.2, 0.25) is 11.8 Å². The molecule has 0 radical (unpaired) electrons. The smallest absolute Gasteiger partial charge is 0.245 e. The number of hydrogen-bond acceptors (Lipinski definition) is 3. The molecule has 1 atom stereocenters. The van der Waals surface area contributed by atoms with E-state index in [1.54, 1.807) is 17.9 Å². The molecule has 0 aliphatic heterocycles. The van der Waals surface area contributed by atoms with E-state index in [0.717, 1.165) is 18.4 Å². The fourth-order valence-electron chi connectivity index (χ4n) is 2.27. The highest BCUT2D eigenvalue weighted by atomic mass is 16.3. The van der Waals surface area contributed by atoms with E-state index in [0.29, 0.717) is 6.54 Å². The normalized spacial score (nSPS) is 15.5. The van der Waals surface area contributed by atoms with Crippen molar-refractivity contribution in [1.29, 1.82) is 0 Å². The van der Waals surface area contributed by atoms with Gasteiger partial charge in [0.15, 0.2) is 0 Å². The zero-order valence-electron chi connectivity index (χ0n) is 12.7. The topological polar surface area (TPSA) is 69.6 Å². The van der Waals surface area contributed by atoms with Crippen LogP contribution in [0.2, 0.25) is 0 Å². The van der Waals surface area contributed by atoms with Crippen molar-refractivity contribution in [3.8, 4) is 0 Å². The Morgan fingerprint density at radius 2 is 2.05 bits per heavy atom. The molecule has 1 aliphatic rings. The molecule has 5 nitrogen and oxygen atoms in total. The Kier molecular flexibility index (Phi) is 5.72. The van der Waals surface area contributed by atoms with Crippen molar-refractivity contribution in [1.82, 2.24) is 10.2 Å². The molecule has 1 unspecified atom stereocenters. The van der Waals surface area contributed by atoms with Gasteiger partial charge in [0.25, 0.3) is 0 Å². The molecule has 1 aromatic rings. The number of hydrogen-bond donors (Lipinski definition) is 2. The lowest BCUT2D eigenvalue weighted by Gasteiger charge is -2.25. The summed E-state index contributed by atoms with van der Waals surface area (Å²) >= 11 is 0. The fourth-order valence-corrected chi connectivity index (χ4v) is 2.27. The Morgan fingerprint density at radius 1 is 1.36 bits per heavy atom. The Morgan fingerprint density at radius 3 is 2.64 bits per heavy atom. The molecule has 2 N–H and O–H groups in total. The first-order valence-corrected chi connectivity index (χ1v) is 7.57. The Hall–Kier alpha value is -2.14. The van der Waals surface area contributed by atoms with Gasteiger partial charge in [0.05, 0.1) is 6.61 Å². The van der Waals surface area contributed by atoms with E-state index < -0.39 is 6.04 Å². The summed E-state index contributed by atoms with van der Waals surface area (Å²) in [5, 5.41) is 11.7. The van der Waals surface area contributed by atoms with Gasteiger partial charge in [-0.2, -0.15) is 0 Å². The molecule has 0 aromatic heterocycles. The molecule has 2 rings (SSSR count). The van der Waals surface area contributed by atoms with Crippen LogP contribution in [0.15, 0.2) is 36.4 Å². The van der Waals surface area contributed by atoms with E-state index in [1.807, 2.05) is 30.3 Å². The number of benzene rings is 1. The molecule has 1 saturated carbocycles. The van der Waals surface area contributed by atoms with Crippen LogP contribution < -0.4 is 5.32 Å². The highest BCUT2D eigenvalue weighted by molar-refractivity contribution is 5.95. The van der Waals surface area contributed by atoms with Crippen molar-refractivity contribution < 1.29 is 14.7 Å². The van der Waals surface area contributed by atoms with Crippen LogP contribution in [-0.4, -0.2) is 47.1 Å². The Bertz CT molecular complexity index is 538. The third kappa shape index (κ3) is 4.70. The summed E-state index contributed by atoms with van der Waals surface area (Å²) < 4.78 is 0. The predicted octanol–water partition coefficient (Wildman–Crippen LogP) is 1.19. The van der Waals surface area contributed by atoms with Gasteiger partial charge in [-0.3, -0.25) is 9.59 Å². The zero-order valence-corrected chi connectivity index (χ0v) is 12.7. The predicted molar refractivity (Wildman–Crippen MR) is 84.9 cm³/mol. The number of nitrogens with one attached hydrogen (secondary N) is 1. The maximum Gasteiger partial charge on any atom is 0.245 e. The summed E-state index contributed by atoms with van der Waals surface area (Å²) in [4.78, 5) is 25.8. The van der Waals surface area contributed by atoms with Gasteiger partial charge >= 0.3 is 0 Å². The van der Waals surface area contributed by atoms with Gasteiger partial charge in [0, 0.05) is 18.7 Å². The molecule has 1 fully saturated rings. The van der Waals surface area contributed by atoms with E-state index in [9.17, 15) is 9.59 Å². The first-order chi connectivity index (χ1) is 10.6. The number of amides is 2. The molecule has 0 heterocycles. The van der Waals surface area contributed by atoms with Crippen molar-refractivity contribution in [2.75, 3.05) is 13.2 Å². The minimum absolute atomic E-state index is 0.0587. The molecule has 2 amide bonds. The van der Waals surface area contributed by atoms with Crippen molar-refractivity contribution >= 4 is 17.9 Å². The molecule has 0 spiro atoms. The molecule has 1 aromatic carbocycles. The number of aliphatic hydroxyl groups excluding tert-OH is 1. The molecule has 5 heteroatoms. The maximum atomic E-state index is 12.3. The highest BCUT2D eigenvalue weighted by Gasteiger charge is 2.34. The summed E-state index contributed by atoms with van der Waals surface area (Å²) in [6.45, 7) is 1.93. The van der Waals surface area contributed by atoms with Crippen molar-refractivity contribution in [3.05, 3.63) is 42.0 Å². The second-order valence-corrected chi connectivity index (χ2v) is 5.46. The van der Waals surface area contributed by atoms with Crippen molar-refractivity contribution in [3.63, 3.8) is 0 Å². The summed E-state index contributed by atoms with van der Waals surface area (Å²) in [5.41, 5.74) is 0.927. The molecule has 1 aliphatic carbocycles. The minimum Gasteiger partial charge on any atom is -0.395 e. The third-order valence-corrected chi connectivity index (χ3v) is 3.57. The second-order valence-electron chi connectivity index (χ2n) is 5.46. The quantitative estimate of drug-likeness (QED) is 0.743. The van der Waals surface area contributed by atoms with Crippen LogP contribution in [0.5, 0.6) is 0 Å².